The SMILES string of the molecule is CCOC(=O)CC(=O)Nc1cccc(NC(=O)NCC(=O)N(C)c2ccc(Cl)c(COc3cccn4c(Br)c(C)nc34)c2Cl)c1.Cl. The molecule has 4 rings (SSSR count). The number of amides is 4. The van der Waals surface area contributed by atoms with Crippen LogP contribution < -0.4 is 25.6 Å². The molecular weight excluding hydrogens is 727 g/mol. The molecule has 0 aliphatic rings. The first-order valence-corrected chi connectivity index (χ1v) is 15.1. The van der Waals surface area contributed by atoms with Crippen LogP contribution >= 0.6 is 51.5 Å². The lowest BCUT2D eigenvalue weighted by Gasteiger charge is -2.21. The molecule has 0 atom stereocenters. The van der Waals surface area contributed by atoms with Crippen molar-refractivity contribution in [3.8, 4) is 5.75 Å². The largest absolute Gasteiger partial charge is 0.485 e. The summed E-state index contributed by atoms with van der Waals surface area (Å²) in [7, 11) is 1.52. The zero-order chi connectivity index (χ0) is 32.7. The fourth-order valence-electron chi connectivity index (χ4n) is 4.17. The van der Waals surface area contributed by atoms with E-state index in [1.54, 1.807) is 43.3 Å². The zero-order valence-electron chi connectivity index (χ0n) is 24.9. The van der Waals surface area contributed by atoms with Crippen LogP contribution in [0.1, 0.15) is 24.6 Å². The molecule has 2 aromatic heterocycles. The van der Waals surface area contributed by atoms with E-state index in [-0.39, 0.29) is 37.2 Å². The highest BCUT2D eigenvalue weighted by atomic mass is 79.9. The van der Waals surface area contributed by atoms with Crippen LogP contribution in [0.4, 0.5) is 21.9 Å². The number of nitrogens with zero attached hydrogens (tertiary/aromatic N) is 3. The number of ether oxygens (including phenoxy) is 2. The number of aromatic nitrogens is 2. The van der Waals surface area contributed by atoms with E-state index in [4.69, 9.17) is 32.7 Å². The predicted octanol–water partition coefficient (Wildman–Crippen LogP) is 6.39. The van der Waals surface area contributed by atoms with Crippen molar-refractivity contribution in [1.29, 1.82) is 0 Å². The van der Waals surface area contributed by atoms with Crippen LogP contribution in [0.25, 0.3) is 5.65 Å². The van der Waals surface area contributed by atoms with Gasteiger partial charge in [-0.05, 0) is 72.2 Å². The lowest BCUT2D eigenvalue weighted by Crippen LogP contribution is -2.40. The molecule has 0 radical (unpaired) electrons. The summed E-state index contributed by atoms with van der Waals surface area (Å²) < 4.78 is 13.5. The van der Waals surface area contributed by atoms with Crippen LogP contribution in [-0.4, -0.2) is 53.4 Å². The first-order valence-electron chi connectivity index (χ1n) is 13.6. The van der Waals surface area contributed by atoms with E-state index in [1.807, 2.05) is 23.6 Å². The Bertz CT molecular complexity index is 1770. The lowest BCUT2D eigenvalue weighted by atomic mass is 10.2. The van der Waals surface area contributed by atoms with Gasteiger partial charge in [0.2, 0.25) is 11.8 Å². The molecule has 12 nitrogen and oxygen atoms in total. The lowest BCUT2D eigenvalue weighted by molar-refractivity contribution is -0.145. The maximum atomic E-state index is 13.0. The van der Waals surface area contributed by atoms with Crippen molar-refractivity contribution in [3.63, 3.8) is 0 Å². The highest BCUT2D eigenvalue weighted by Crippen LogP contribution is 2.35. The Morgan fingerprint density at radius 2 is 1.76 bits per heavy atom. The van der Waals surface area contributed by atoms with Gasteiger partial charge in [-0.15, -0.1) is 12.4 Å². The minimum Gasteiger partial charge on any atom is -0.485 e. The van der Waals surface area contributed by atoms with Crippen molar-refractivity contribution in [3.05, 3.63) is 80.6 Å². The van der Waals surface area contributed by atoms with Gasteiger partial charge in [0.1, 0.15) is 17.6 Å². The quantitative estimate of drug-likeness (QED) is 0.119. The smallest absolute Gasteiger partial charge is 0.319 e. The van der Waals surface area contributed by atoms with Crippen molar-refractivity contribution in [2.24, 2.45) is 0 Å². The number of benzene rings is 2. The minimum absolute atomic E-state index is 0. The number of carbonyl (C=O) groups excluding carboxylic acids is 4. The molecule has 4 aromatic rings. The fourth-order valence-corrected chi connectivity index (χ4v) is 5.15. The van der Waals surface area contributed by atoms with Gasteiger partial charge in [-0.3, -0.25) is 18.8 Å². The monoisotopic (exact) mass is 754 g/mol. The average molecular weight is 757 g/mol. The number of likely N-dealkylation sites (N-methyl/N-ethyl adjacent to an activating group) is 1. The van der Waals surface area contributed by atoms with Crippen LogP contribution in [0.3, 0.4) is 0 Å². The molecule has 3 N–H and O–H groups in total. The summed E-state index contributed by atoms with van der Waals surface area (Å²) in [6.07, 6.45) is 1.42. The molecule has 0 aliphatic carbocycles. The van der Waals surface area contributed by atoms with Gasteiger partial charge in [0.05, 0.1) is 29.6 Å². The van der Waals surface area contributed by atoms with Gasteiger partial charge >= 0.3 is 12.0 Å². The molecule has 46 heavy (non-hydrogen) atoms. The molecule has 4 amide bonds. The van der Waals surface area contributed by atoms with E-state index >= 15 is 0 Å². The standard InChI is InChI=1S/C30H29BrCl2N6O6.ClH/c1-4-44-26(42)14-24(40)36-18-7-5-8-19(13-18)37-30(43)34-15-25(41)38(3)22-11-10-21(32)20(27(22)33)16-45-23-9-6-12-39-28(31)17(2)35-29(23)39;/h5-13H,4,14-16H2,1-3H3,(H,36,40)(H2,34,37,43);1H. The summed E-state index contributed by atoms with van der Waals surface area (Å²) in [5.41, 5.74) is 2.97. The summed E-state index contributed by atoms with van der Waals surface area (Å²) in [6, 6.07) is 12.5. The maximum absolute atomic E-state index is 13.0. The van der Waals surface area contributed by atoms with Gasteiger partial charge in [0, 0.05) is 35.2 Å². The molecule has 2 heterocycles. The number of esters is 1. The number of halogens is 4. The molecule has 0 saturated heterocycles. The van der Waals surface area contributed by atoms with Gasteiger partial charge in [-0.2, -0.15) is 0 Å². The van der Waals surface area contributed by atoms with Crippen molar-refractivity contribution >= 4 is 98.1 Å². The summed E-state index contributed by atoms with van der Waals surface area (Å²) in [6.45, 7) is 3.36. The second-order valence-corrected chi connectivity index (χ2v) is 11.1. The maximum Gasteiger partial charge on any atom is 0.319 e. The Morgan fingerprint density at radius 3 is 2.48 bits per heavy atom. The average Bonchev–Trinajstić information content (AvgIpc) is 3.29. The third kappa shape index (κ3) is 9.03. The number of imidazole rings is 1. The number of hydrogen-bond donors (Lipinski definition) is 3. The number of fused-ring (bicyclic) bond motifs is 1. The summed E-state index contributed by atoms with van der Waals surface area (Å²) in [5.74, 6) is -1.13. The number of hydrogen-bond acceptors (Lipinski definition) is 7. The molecule has 0 saturated carbocycles. The van der Waals surface area contributed by atoms with E-state index in [0.717, 1.165) is 10.3 Å². The molecule has 2 aromatic carbocycles. The van der Waals surface area contributed by atoms with Crippen molar-refractivity contribution in [2.45, 2.75) is 26.9 Å². The number of carbonyl (C=O) groups is 4. The van der Waals surface area contributed by atoms with Gasteiger partial charge < -0.3 is 30.3 Å². The topological polar surface area (TPSA) is 143 Å². The molecule has 0 bridgehead atoms. The summed E-state index contributed by atoms with van der Waals surface area (Å²) >= 11 is 16.6. The molecule has 0 aliphatic heterocycles. The Morgan fingerprint density at radius 1 is 1.04 bits per heavy atom. The van der Waals surface area contributed by atoms with E-state index < -0.39 is 30.2 Å². The van der Waals surface area contributed by atoms with E-state index in [1.165, 1.54) is 18.0 Å². The second kappa shape index (κ2) is 16.5. The van der Waals surface area contributed by atoms with Crippen LogP contribution in [0, 0.1) is 6.92 Å². The number of urea groups is 1. The first-order chi connectivity index (χ1) is 21.5. The number of anilines is 3. The Hall–Kier alpha value is -4.04. The molecule has 0 unspecified atom stereocenters. The minimum atomic E-state index is -0.655. The van der Waals surface area contributed by atoms with Crippen LogP contribution in [0.5, 0.6) is 5.75 Å². The fraction of sp³-hybridized carbons (Fsp3) is 0.233. The Kier molecular flexibility index (Phi) is 13.1. The number of pyridine rings is 1. The molecular formula is C30H30BrCl3N6O6. The number of nitrogens with one attached hydrogen (secondary N) is 3. The van der Waals surface area contributed by atoms with Gasteiger partial charge in [-0.25, -0.2) is 9.78 Å². The summed E-state index contributed by atoms with van der Waals surface area (Å²) in [4.78, 5) is 54.9. The van der Waals surface area contributed by atoms with Crippen molar-refractivity contribution < 1.29 is 28.7 Å². The Balaban J connectivity index is 0.00000576. The van der Waals surface area contributed by atoms with Crippen molar-refractivity contribution in [2.75, 3.05) is 35.7 Å². The van der Waals surface area contributed by atoms with E-state index in [9.17, 15) is 19.2 Å². The number of aryl methyl sites for hydroxylation is 1. The van der Waals surface area contributed by atoms with Crippen LogP contribution in [0.2, 0.25) is 10.0 Å². The van der Waals surface area contributed by atoms with E-state index in [0.29, 0.717) is 39.0 Å². The molecule has 0 spiro atoms. The zero-order valence-corrected chi connectivity index (χ0v) is 28.8. The molecule has 16 heteroatoms. The molecule has 0 fully saturated rings. The van der Waals surface area contributed by atoms with Gasteiger partial charge in [0.15, 0.2) is 11.4 Å². The molecule has 244 valence electrons. The summed E-state index contributed by atoms with van der Waals surface area (Å²) in [5, 5.41) is 8.23. The van der Waals surface area contributed by atoms with Crippen molar-refractivity contribution in [1.82, 2.24) is 14.7 Å². The second-order valence-electron chi connectivity index (χ2n) is 9.57. The highest BCUT2D eigenvalue weighted by molar-refractivity contribution is 9.10. The number of rotatable bonds is 11. The third-order valence-electron chi connectivity index (χ3n) is 6.40. The Labute approximate surface area is 289 Å². The van der Waals surface area contributed by atoms with Gasteiger partial charge in [-0.1, -0.05) is 29.3 Å². The van der Waals surface area contributed by atoms with Crippen LogP contribution in [-0.2, 0) is 25.7 Å². The third-order valence-corrected chi connectivity index (χ3v) is 8.13. The predicted molar refractivity (Wildman–Crippen MR) is 182 cm³/mol. The normalized spacial score (nSPS) is 10.5. The van der Waals surface area contributed by atoms with E-state index in [2.05, 4.69) is 36.9 Å². The first kappa shape index (κ1) is 36.4. The highest BCUT2D eigenvalue weighted by Gasteiger charge is 2.20. The van der Waals surface area contributed by atoms with Crippen LogP contribution in [0.15, 0.2) is 59.3 Å². The van der Waals surface area contributed by atoms with Gasteiger partial charge in [0.25, 0.3) is 0 Å².